The van der Waals surface area contributed by atoms with Gasteiger partial charge in [0, 0.05) is 16.8 Å². The quantitative estimate of drug-likeness (QED) is 0.785. The van der Waals surface area contributed by atoms with Crippen molar-refractivity contribution in [2.45, 2.75) is 46.0 Å². The van der Waals surface area contributed by atoms with Crippen molar-refractivity contribution in [1.29, 1.82) is 0 Å². The average Bonchev–Trinajstić information content (AvgIpc) is 2.28. The van der Waals surface area contributed by atoms with Gasteiger partial charge < -0.3 is 0 Å². The molecule has 0 N–H and O–H groups in total. The van der Waals surface area contributed by atoms with Crippen LogP contribution in [0.4, 0.5) is 0 Å². The van der Waals surface area contributed by atoms with Gasteiger partial charge in [-0.1, -0.05) is 41.9 Å². The predicted octanol–water partition coefficient (Wildman–Crippen LogP) is 4.78. The van der Waals surface area contributed by atoms with Crippen molar-refractivity contribution in [2.75, 3.05) is 0 Å². The van der Waals surface area contributed by atoms with Crippen molar-refractivity contribution in [1.82, 2.24) is 0 Å². The Morgan fingerprint density at radius 1 is 1.33 bits per heavy atom. The molecule has 0 amide bonds. The second-order valence-electron chi connectivity index (χ2n) is 6.21. The highest BCUT2D eigenvalue weighted by Gasteiger charge is 2.30. The van der Waals surface area contributed by atoms with Gasteiger partial charge in [0.2, 0.25) is 0 Å². The van der Waals surface area contributed by atoms with Crippen LogP contribution in [0.2, 0.25) is 0 Å². The normalized spacial score (nSPS) is 19.7. The summed E-state index contributed by atoms with van der Waals surface area (Å²) < 4.78 is 1.05. The Morgan fingerprint density at radius 2 is 2.00 bits per heavy atom. The molecule has 1 aliphatic rings. The van der Waals surface area contributed by atoms with Gasteiger partial charge in [0.25, 0.3) is 0 Å². The van der Waals surface area contributed by atoms with E-state index in [9.17, 15) is 4.79 Å². The topological polar surface area (TPSA) is 17.1 Å². The Morgan fingerprint density at radius 3 is 2.61 bits per heavy atom. The number of Topliss-reactive ketones (excluding diaryl/α,β-unsaturated/α-hetero) is 1. The summed E-state index contributed by atoms with van der Waals surface area (Å²) >= 11 is 3.45. The number of halogens is 1. The summed E-state index contributed by atoms with van der Waals surface area (Å²) in [6.45, 7) is 4.62. The van der Waals surface area contributed by atoms with Gasteiger partial charge in [0.1, 0.15) is 5.78 Å². The first kappa shape index (κ1) is 13.8. The minimum atomic E-state index is 0.289. The Kier molecular flexibility index (Phi) is 4.26. The van der Waals surface area contributed by atoms with Gasteiger partial charge in [0.05, 0.1) is 0 Å². The first-order valence-electron chi connectivity index (χ1n) is 6.73. The predicted molar refractivity (Wildman–Crippen MR) is 78.6 cm³/mol. The van der Waals surface area contributed by atoms with E-state index in [0.29, 0.717) is 17.6 Å². The van der Waals surface area contributed by atoms with Gasteiger partial charge in [-0.05, 0) is 48.8 Å². The molecule has 1 nitrogen and oxygen atoms in total. The number of carbonyl (C=O) groups excluding carboxylic acids is 1. The van der Waals surface area contributed by atoms with Crippen LogP contribution in [0.3, 0.4) is 0 Å². The number of rotatable bonds is 3. The summed E-state index contributed by atoms with van der Waals surface area (Å²) in [4.78, 5) is 12.3. The third kappa shape index (κ3) is 3.68. The number of ketones is 1. The molecule has 1 aromatic carbocycles. The number of benzene rings is 1. The van der Waals surface area contributed by atoms with Crippen LogP contribution in [0.25, 0.3) is 0 Å². The summed E-state index contributed by atoms with van der Waals surface area (Å²) in [5.74, 6) is 0.709. The van der Waals surface area contributed by atoms with Crippen molar-refractivity contribution in [3.8, 4) is 0 Å². The second kappa shape index (κ2) is 5.56. The van der Waals surface area contributed by atoms with E-state index in [1.807, 2.05) is 24.3 Å². The summed E-state index contributed by atoms with van der Waals surface area (Å²) in [6.07, 6.45) is 5.09. The molecule has 0 radical (unpaired) electrons. The third-order valence-corrected chi connectivity index (χ3v) is 4.56. The lowest BCUT2D eigenvalue weighted by atomic mass is 9.71. The highest BCUT2D eigenvalue weighted by molar-refractivity contribution is 9.10. The molecule has 2 rings (SSSR count). The lowest BCUT2D eigenvalue weighted by Gasteiger charge is -2.33. The van der Waals surface area contributed by atoms with Crippen molar-refractivity contribution >= 4 is 21.7 Å². The van der Waals surface area contributed by atoms with Crippen LogP contribution in [0.1, 0.15) is 45.1 Å². The second-order valence-corrected chi connectivity index (χ2v) is 7.13. The zero-order chi connectivity index (χ0) is 13.2. The minimum Gasteiger partial charge on any atom is -0.299 e. The first-order chi connectivity index (χ1) is 8.46. The number of carbonyl (C=O) groups is 1. The molecule has 0 saturated heterocycles. The van der Waals surface area contributed by atoms with E-state index in [-0.39, 0.29) is 5.92 Å². The van der Waals surface area contributed by atoms with Gasteiger partial charge >= 0.3 is 0 Å². The van der Waals surface area contributed by atoms with Crippen LogP contribution in [-0.2, 0) is 11.2 Å². The minimum absolute atomic E-state index is 0.289. The van der Waals surface area contributed by atoms with E-state index >= 15 is 0 Å². The Labute approximate surface area is 118 Å². The van der Waals surface area contributed by atoms with Gasteiger partial charge in [0.15, 0.2) is 0 Å². The fourth-order valence-electron chi connectivity index (χ4n) is 2.71. The Balaban J connectivity index is 1.93. The Bertz CT molecular complexity index is 426. The van der Waals surface area contributed by atoms with Crippen LogP contribution in [-0.4, -0.2) is 5.78 Å². The lowest BCUT2D eigenvalue weighted by Crippen LogP contribution is -2.27. The fourth-order valence-corrected chi connectivity index (χ4v) is 3.16. The molecule has 0 spiro atoms. The molecular formula is C16H21BrO. The molecule has 0 aromatic heterocycles. The highest BCUT2D eigenvalue weighted by atomic mass is 79.9. The zero-order valence-electron chi connectivity index (χ0n) is 11.2. The van der Waals surface area contributed by atoms with E-state index in [2.05, 4.69) is 29.8 Å². The monoisotopic (exact) mass is 308 g/mol. The average molecular weight is 309 g/mol. The Hall–Kier alpha value is -0.630. The van der Waals surface area contributed by atoms with Crippen LogP contribution in [0.5, 0.6) is 0 Å². The summed E-state index contributed by atoms with van der Waals surface area (Å²) in [6, 6.07) is 8.08. The summed E-state index contributed by atoms with van der Waals surface area (Å²) in [5, 5.41) is 0. The van der Waals surface area contributed by atoms with Crippen LogP contribution in [0.15, 0.2) is 28.7 Å². The molecule has 1 aliphatic carbocycles. The molecule has 0 bridgehead atoms. The molecule has 0 atom stereocenters. The van der Waals surface area contributed by atoms with E-state index in [0.717, 1.165) is 22.9 Å². The van der Waals surface area contributed by atoms with Crippen LogP contribution < -0.4 is 0 Å². The van der Waals surface area contributed by atoms with Crippen molar-refractivity contribution in [2.24, 2.45) is 11.3 Å². The molecule has 0 unspecified atom stereocenters. The van der Waals surface area contributed by atoms with Crippen LogP contribution in [0, 0.1) is 11.3 Å². The molecule has 18 heavy (non-hydrogen) atoms. The molecule has 1 fully saturated rings. The van der Waals surface area contributed by atoms with Crippen molar-refractivity contribution in [3.05, 3.63) is 34.3 Å². The largest absolute Gasteiger partial charge is 0.299 e. The SMILES string of the molecule is CC1(C)CCC(C(=O)Cc2cccc(Br)c2)CC1. The fraction of sp³-hybridized carbons (Fsp3) is 0.562. The van der Waals surface area contributed by atoms with E-state index in [4.69, 9.17) is 0 Å². The molecule has 0 aliphatic heterocycles. The first-order valence-corrected chi connectivity index (χ1v) is 7.53. The zero-order valence-corrected chi connectivity index (χ0v) is 12.8. The lowest BCUT2D eigenvalue weighted by molar-refractivity contribution is -0.123. The molecule has 2 heteroatoms. The van der Waals surface area contributed by atoms with E-state index in [1.165, 1.54) is 12.8 Å². The number of hydrogen-bond acceptors (Lipinski definition) is 1. The van der Waals surface area contributed by atoms with Crippen molar-refractivity contribution < 1.29 is 4.79 Å². The molecule has 0 heterocycles. The molecular weight excluding hydrogens is 288 g/mol. The van der Waals surface area contributed by atoms with Gasteiger partial charge in [-0.15, -0.1) is 0 Å². The van der Waals surface area contributed by atoms with Crippen molar-refractivity contribution in [3.63, 3.8) is 0 Å². The summed E-state index contributed by atoms with van der Waals surface area (Å²) in [5.41, 5.74) is 1.56. The van der Waals surface area contributed by atoms with Gasteiger partial charge in [-0.3, -0.25) is 4.79 Å². The number of hydrogen-bond donors (Lipinski definition) is 0. The maximum atomic E-state index is 12.3. The molecule has 1 saturated carbocycles. The highest BCUT2D eigenvalue weighted by Crippen LogP contribution is 2.38. The molecule has 1 aromatic rings. The van der Waals surface area contributed by atoms with Gasteiger partial charge in [-0.2, -0.15) is 0 Å². The van der Waals surface area contributed by atoms with Gasteiger partial charge in [-0.25, -0.2) is 0 Å². The van der Waals surface area contributed by atoms with E-state index in [1.54, 1.807) is 0 Å². The summed E-state index contributed by atoms with van der Waals surface area (Å²) in [7, 11) is 0. The maximum absolute atomic E-state index is 12.3. The maximum Gasteiger partial charge on any atom is 0.140 e. The van der Waals surface area contributed by atoms with Crippen LogP contribution >= 0.6 is 15.9 Å². The third-order valence-electron chi connectivity index (χ3n) is 4.06. The smallest absolute Gasteiger partial charge is 0.140 e. The molecule has 98 valence electrons. The van der Waals surface area contributed by atoms with E-state index < -0.39 is 0 Å². The standard InChI is InChI=1S/C16H21BrO/c1-16(2)8-6-13(7-9-16)15(18)11-12-4-3-5-14(17)10-12/h3-5,10,13H,6-9,11H2,1-2H3.